The van der Waals surface area contributed by atoms with Crippen LogP contribution >= 0.6 is 11.8 Å². The lowest BCUT2D eigenvalue weighted by Gasteiger charge is -2.22. The largest absolute Gasteiger partial charge is 0.384 e. The van der Waals surface area contributed by atoms with Gasteiger partial charge in [-0.2, -0.15) is 0 Å². The molecule has 0 saturated heterocycles. The van der Waals surface area contributed by atoms with E-state index in [-0.39, 0.29) is 5.56 Å². The number of nitrogens with one attached hydrogen (secondary N) is 1. The third-order valence-corrected chi connectivity index (χ3v) is 6.21. The second-order valence-corrected chi connectivity index (χ2v) is 8.24. The molecule has 0 radical (unpaired) electrons. The van der Waals surface area contributed by atoms with Crippen molar-refractivity contribution in [2.24, 2.45) is 13.0 Å². The number of hydrogen-bond acceptors (Lipinski definition) is 3. The van der Waals surface area contributed by atoms with Crippen LogP contribution < -0.4 is 10.9 Å². The zero-order valence-corrected chi connectivity index (χ0v) is 15.9. The van der Waals surface area contributed by atoms with Crippen LogP contribution in [0.2, 0.25) is 0 Å². The Hall–Kier alpha value is -1.68. The zero-order valence-electron chi connectivity index (χ0n) is 15.1. The van der Waals surface area contributed by atoms with Crippen LogP contribution in [0.3, 0.4) is 0 Å². The van der Waals surface area contributed by atoms with Crippen molar-refractivity contribution in [2.75, 3.05) is 18.1 Å². The summed E-state index contributed by atoms with van der Waals surface area (Å²) in [5.74, 6) is 0.835. The maximum atomic E-state index is 12.6. The Labute approximate surface area is 153 Å². The first-order valence-corrected chi connectivity index (χ1v) is 10.5. The van der Waals surface area contributed by atoms with Crippen molar-refractivity contribution in [3.05, 3.63) is 45.9 Å². The third kappa shape index (κ3) is 3.37. The molecule has 1 heterocycles. The van der Waals surface area contributed by atoms with Crippen molar-refractivity contribution in [1.82, 2.24) is 4.57 Å². The van der Waals surface area contributed by atoms with Crippen molar-refractivity contribution >= 4 is 17.4 Å². The molecular weight excluding hydrogens is 328 g/mol. The van der Waals surface area contributed by atoms with Gasteiger partial charge in [-0.25, -0.2) is 0 Å². The fraction of sp³-hybridized carbons (Fsp3) is 0.476. The molecule has 1 N–H and O–H groups in total. The number of hydrogen-bond donors (Lipinski definition) is 1. The average Bonchev–Trinajstić information content (AvgIpc) is 3.47. The lowest BCUT2D eigenvalue weighted by atomic mass is 9.87. The molecule has 132 valence electrons. The Balaban J connectivity index is 1.85. The Bertz CT molecular complexity index is 852. The van der Waals surface area contributed by atoms with Crippen molar-refractivity contribution in [1.29, 1.82) is 0 Å². The number of nitrogens with zero attached hydrogens (tertiary/aromatic N) is 1. The van der Waals surface area contributed by atoms with E-state index in [1.807, 2.05) is 13.2 Å². The number of anilines is 1. The number of benzene rings is 1. The van der Waals surface area contributed by atoms with Crippen LogP contribution in [0.15, 0.2) is 34.1 Å². The molecule has 0 atom stereocenters. The molecule has 1 aromatic heterocycles. The first kappa shape index (κ1) is 16.8. The molecule has 2 aliphatic carbocycles. The normalized spacial score (nSPS) is 16.6. The minimum absolute atomic E-state index is 0.187. The van der Waals surface area contributed by atoms with Crippen LogP contribution in [-0.4, -0.2) is 17.4 Å². The number of fused-ring (bicyclic) bond motifs is 1. The van der Waals surface area contributed by atoms with Gasteiger partial charge in [0.05, 0.1) is 0 Å². The van der Waals surface area contributed by atoms with E-state index in [1.54, 1.807) is 16.3 Å². The van der Waals surface area contributed by atoms with E-state index >= 15 is 0 Å². The number of pyridine rings is 1. The monoisotopic (exact) mass is 354 g/mol. The Morgan fingerprint density at radius 2 is 1.92 bits per heavy atom. The van der Waals surface area contributed by atoms with E-state index < -0.39 is 0 Å². The van der Waals surface area contributed by atoms with Crippen LogP contribution in [0.1, 0.15) is 36.8 Å². The highest BCUT2D eigenvalue weighted by molar-refractivity contribution is 7.98. The molecule has 1 aromatic carbocycles. The van der Waals surface area contributed by atoms with Crippen LogP contribution in [0, 0.1) is 5.92 Å². The summed E-state index contributed by atoms with van der Waals surface area (Å²) >= 11 is 1.77. The fourth-order valence-corrected chi connectivity index (χ4v) is 4.26. The van der Waals surface area contributed by atoms with Crippen LogP contribution in [-0.2, 0) is 19.9 Å². The molecule has 2 aliphatic rings. The van der Waals surface area contributed by atoms with Crippen LogP contribution in [0.4, 0.5) is 5.69 Å². The Morgan fingerprint density at radius 3 is 2.64 bits per heavy atom. The maximum absolute atomic E-state index is 12.6. The average molecular weight is 355 g/mol. The Kier molecular flexibility index (Phi) is 4.63. The second kappa shape index (κ2) is 6.91. The smallest absolute Gasteiger partial charge is 0.253 e. The highest BCUT2D eigenvalue weighted by atomic mass is 32.2. The molecule has 3 nitrogen and oxygen atoms in total. The first-order chi connectivity index (χ1) is 12.2. The minimum atomic E-state index is 0.187. The summed E-state index contributed by atoms with van der Waals surface area (Å²) in [5.41, 5.74) is 6.20. The van der Waals surface area contributed by atoms with Gasteiger partial charge in [0.25, 0.3) is 5.56 Å². The molecule has 4 heteroatoms. The quantitative estimate of drug-likeness (QED) is 0.804. The molecule has 4 rings (SSSR count). The minimum Gasteiger partial charge on any atom is -0.384 e. The van der Waals surface area contributed by atoms with E-state index in [2.05, 4.69) is 29.8 Å². The highest BCUT2D eigenvalue weighted by Crippen LogP contribution is 2.37. The molecule has 2 aromatic rings. The summed E-state index contributed by atoms with van der Waals surface area (Å²) < 4.78 is 1.77. The maximum Gasteiger partial charge on any atom is 0.253 e. The predicted octanol–water partition coefficient (Wildman–Crippen LogP) is 4.47. The molecule has 0 spiro atoms. The van der Waals surface area contributed by atoms with Gasteiger partial charge >= 0.3 is 0 Å². The molecule has 0 unspecified atom stereocenters. The van der Waals surface area contributed by atoms with E-state index in [4.69, 9.17) is 0 Å². The Morgan fingerprint density at radius 1 is 1.16 bits per heavy atom. The molecule has 0 aliphatic heterocycles. The van der Waals surface area contributed by atoms with Crippen LogP contribution in [0.5, 0.6) is 0 Å². The van der Waals surface area contributed by atoms with Crippen molar-refractivity contribution < 1.29 is 0 Å². The zero-order chi connectivity index (χ0) is 17.4. The lowest BCUT2D eigenvalue weighted by Crippen LogP contribution is -2.25. The van der Waals surface area contributed by atoms with Gasteiger partial charge in [0, 0.05) is 47.1 Å². The van der Waals surface area contributed by atoms with Crippen molar-refractivity contribution in [2.45, 2.75) is 43.4 Å². The van der Waals surface area contributed by atoms with Gasteiger partial charge < -0.3 is 9.88 Å². The van der Waals surface area contributed by atoms with E-state index in [0.717, 1.165) is 37.3 Å². The van der Waals surface area contributed by atoms with Gasteiger partial charge in [-0.15, -0.1) is 11.8 Å². The van der Waals surface area contributed by atoms with Gasteiger partial charge in [0.2, 0.25) is 0 Å². The summed E-state index contributed by atoms with van der Waals surface area (Å²) in [6.07, 6.45) is 11.1. The molecule has 0 bridgehead atoms. The first-order valence-electron chi connectivity index (χ1n) is 9.31. The predicted molar refractivity (Wildman–Crippen MR) is 107 cm³/mol. The molecule has 0 amide bonds. The highest BCUT2D eigenvalue weighted by Gasteiger charge is 2.23. The topological polar surface area (TPSA) is 34.0 Å². The third-order valence-electron chi connectivity index (χ3n) is 5.49. The number of rotatable bonds is 5. The van der Waals surface area contributed by atoms with Gasteiger partial charge in [-0.05, 0) is 74.5 Å². The fourth-order valence-electron chi connectivity index (χ4n) is 3.82. The summed E-state index contributed by atoms with van der Waals surface area (Å²) in [7, 11) is 1.89. The SMILES string of the molecule is CSc1ccc(NCC2CC2)c(-c2cn(C)c(=O)c3c2CCCC3)c1. The number of aryl methyl sites for hydroxylation is 1. The van der Waals surface area contributed by atoms with Gasteiger partial charge in [0.15, 0.2) is 0 Å². The summed E-state index contributed by atoms with van der Waals surface area (Å²) in [6.45, 7) is 1.06. The summed E-state index contributed by atoms with van der Waals surface area (Å²) in [4.78, 5) is 13.8. The summed E-state index contributed by atoms with van der Waals surface area (Å²) in [5, 5.41) is 3.67. The molecule has 1 fully saturated rings. The van der Waals surface area contributed by atoms with Gasteiger partial charge in [-0.3, -0.25) is 4.79 Å². The van der Waals surface area contributed by atoms with E-state index in [1.165, 1.54) is 46.5 Å². The van der Waals surface area contributed by atoms with Gasteiger partial charge in [0.1, 0.15) is 0 Å². The van der Waals surface area contributed by atoms with Crippen molar-refractivity contribution in [3.8, 4) is 11.1 Å². The molecule has 1 saturated carbocycles. The van der Waals surface area contributed by atoms with E-state index in [0.29, 0.717) is 0 Å². The molecule has 25 heavy (non-hydrogen) atoms. The van der Waals surface area contributed by atoms with Crippen molar-refractivity contribution in [3.63, 3.8) is 0 Å². The van der Waals surface area contributed by atoms with E-state index in [9.17, 15) is 4.79 Å². The second-order valence-electron chi connectivity index (χ2n) is 7.36. The standard InChI is InChI=1S/C21H26N2OS/c1-23-13-19(16-5-3-4-6-17(16)21(23)24)18-11-15(25-2)9-10-20(18)22-12-14-7-8-14/h9-11,13-14,22H,3-8,12H2,1-2H3. The molecular formula is C21H26N2OS. The number of aromatic nitrogens is 1. The lowest BCUT2D eigenvalue weighted by molar-refractivity contribution is 0.664. The summed E-state index contributed by atoms with van der Waals surface area (Å²) in [6, 6.07) is 6.69. The number of thioether (sulfide) groups is 1. The van der Waals surface area contributed by atoms with Crippen LogP contribution in [0.25, 0.3) is 11.1 Å². The van der Waals surface area contributed by atoms with Gasteiger partial charge in [-0.1, -0.05) is 0 Å².